The molecule has 1 fully saturated rings. The third kappa shape index (κ3) is 3.13. The molecular weight excluding hydrogens is 220 g/mol. The minimum atomic E-state index is 0. The van der Waals surface area contributed by atoms with E-state index >= 15 is 0 Å². The Morgan fingerprint density at radius 3 is 2.69 bits per heavy atom. The van der Waals surface area contributed by atoms with E-state index in [9.17, 15) is 0 Å². The number of nitrogen functional groups attached to an aromatic ring is 1. The molecule has 2 N–H and O–H groups in total. The molecule has 1 aliphatic rings. The molecule has 1 aromatic carbocycles. The molecular formula is C13H21ClN2. The van der Waals surface area contributed by atoms with Crippen LogP contribution in [0.15, 0.2) is 24.3 Å². The Morgan fingerprint density at radius 2 is 2.12 bits per heavy atom. The van der Waals surface area contributed by atoms with Gasteiger partial charge in [0, 0.05) is 24.8 Å². The van der Waals surface area contributed by atoms with Crippen LogP contribution in [-0.2, 0) is 6.54 Å². The van der Waals surface area contributed by atoms with Gasteiger partial charge in [0.05, 0.1) is 0 Å². The van der Waals surface area contributed by atoms with Crippen LogP contribution in [0, 0.1) is 5.92 Å². The summed E-state index contributed by atoms with van der Waals surface area (Å²) < 4.78 is 0. The van der Waals surface area contributed by atoms with Gasteiger partial charge < -0.3 is 5.73 Å². The first-order chi connectivity index (χ1) is 7.15. The van der Waals surface area contributed by atoms with Gasteiger partial charge in [-0.2, -0.15) is 0 Å². The van der Waals surface area contributed by atoms with Crippen LogP contribution in [0.1, 0.15) is 25.8 Å². The number of halogens is 1. The maximum absolute atomic E-state index is 5.78. The molecule has 0 saturated carbocycles. The van der Waals surface area contributed by atoms with Gasteiger partial charge in [-0.15, -0.1) is 12.4 Å². The van der Waals surface area contributed by atoms with E-state index in [0.717, 1.165) is 18.2 Å². The fraction of sp³-hybridized carbons (Fsp3) is 0.538. The smallest absolute Gasteiger partial charge is 0.0317 e. The zero-order valence-electron chi connectivity index (χ0n) is 10.0. The van der Waals surface area contributed by atoms with Crippen molar-refractivity contribution in [1.29, 1.82) is 0 Å². The van der Waals surface area contributed by atoms with Crippen LogP contribution in [-0.4, -0.2) is 17.5 Å². The SMILES string of the molecule is CC1CC(C)N(Cc2cccc(N)c2)C1.Cl. The molecule has 0 aliphatic carbocycles. The van der Waals surface area contributed by atoms with Crippen LogP contribution in [0.25, 0.3) is 0 Å². The molecule has 3 heteroatoms. The van der Waals surface area contributed by atoms with Crippen molar-refractivity contribution >= 4 is 18.1 Å². The fourth-order valence-corrected chi connectivity index (χ4v) is 2.53. The van der Waals surface area contributed by atoms with Gasteiger partial charge in [0.25, 0.3) is 0 Å². The van der Waals surface area contributed by atoms with E-state index in [1.54, 1.807) is 0 Å². The lowest BCUT2D eigenvalue weighted by molar-refractivity contribution is 0.256. The van der Waals surface area contributed by atoms with Crippen LogP contribution in [0.2, 0.25) is 0 Å². The molecule has 1 aromatic rings. The summed E-state index contributed by atoms with van der Waals surface area (Å²) >= 11 is 0. The standard InChI is InChI=1S/C13H20N2.ClH/c1-10-6-11(2)15(8-10)9-12-4-3-5-13(14)7-12;/h3-5,7,10-11H,6,8-9,14H2,1-2H3;1H. The Hall–Kier alpha value is -0.730. The lowest BCUT2D eigenvalue weighted by Gasteiger charge is -2.21. The van der Waals surface area contributed by atoms with Gasteiger partial charge in [0.2, 0.25) is 0 Å². The summed E-state index contributed by atoms with van der Waals surface area (Å²) in [5.74, 6) is 0.834. The van der Waals surface area contributed by atoms with E-state index in [4.69, 9.17) is 5.73 Å². The van der Waals surface area contributed by atoms with E-state index in [-0.39, 0.29) is 12.4 Å². The summed E-state index contributed by atoms with van der Waals surface area (Å²) in [5, 5.41) is 0. The van der Waals surface area contributed by atoms with E-state index in [1.807, 2.05) is 12.1 Å². The van der Waals surface area contributed by atoms with Crippen LogP contribution in [0.4, 0.5) is 5.69 Å². The summed E-state index contributed by atoms with van der Waals surface area (Å²) in [5.41, 5.74) is 7.97. The Bertz CT molecular complexity index is 340. The van der Waals surface area contributed by atoms with Crippen molar-refractivity contribution in [1.82, 2.24) is 4.90 Å². The second-order valence-electron chi connectivity index (χ2n) is 4.86. The van der Waals surface area contributed by atoms with Crippen LogP contribution < -0.4 is 5.73 Å². The van der Waals surface area contributed by atoms with Crippen molar-refractivity contribution in [3.8, 4) is 0 Å². The molecule has 1 aliphatic heterocycles. The number of hydrogen-bond donors (Lipinski definition) is 1. The second kappa shape index (κ2) is 5.55. The topological polar surface area (TPSA) is 29.3 Å². The Labute approximate surface area is 104 Å². The average molecular weight is 241 g/mol. The highest BCUT2D eigenvalue weighted by atomic mass is 35.5. The molecule has 2 nitrogen and oxygen atoms in total. The minimum Gasteiger partial charge on any atom is -0.399 e. The molecule has 0 spiro atoms. The van der Waals surface area contributed by atoms with Crippen molar-refractivity contribution in [2.75, 3.05) is 12.3 Å². The number of likely N-dealkylation sites (tertiary alicyclic amines) is 1. The van der Waals surface area contributed by atoms with Gasteiger partial charge in [0.1, 0.15) is 0 Å². The average Bonchev–Trinajstić information content (AvgIpc) is 2.45. The van der Waals surface area contributed by atoms with E-state index in [0.29, 0.717) is 6.04 Å². The largest absolute Gasteiger partial charge is 0.399 e. The van der Waals surface area contributed by atoms with Gasteiger partial charge >= 0.3 is 0 Å². The maximum atomic E-state index is 5.78. The first-order valence-electron chi connectivity index (χ1n) is 5.73. The quantitative estimate of drug-likeness (QED) is 0.806. The number of benzene rings is 1. The molecule has 2 atom stereocenters. The highest BCUT2D eigenvalue weighted by molar-refractivity contribution is 5.85. The molecule has 90 valence electrons. The van der Waals surface area contributed by atoms with Gasteiger partial charge in [-0.25, -0.2) is 0 Å². The third-order valence-electron chi connectivity index (χ3n) is 3.25. The number of nitrogens with zero attached hydrogens (tertiary/aromatic N) is 1. The molecule has 0 bridgehead atoms. The molecule has 0 radical (unpaired) electrons. The summed E-state index contributed by atoms with van der Waals surface area (Å²) in [6, 6.07) is 8.93. The van der Waals surface area contributed by atoms with Crippen molar-refractivity contribution in [3.05, 3.63) is 29.8 Å². The lowest BCUT2D eigenvalue weighted by atomic mass is 10.1. The zero-order chi connectivity index (χ0) is 10.8. The monoisotopic (exact) mass is 240 g/mol. The Morgan fingerprint density at radius 1 is 1.38 bits per heavy atom. The number of rotatable bonds is 2. The molecule has 1 heterocycles. The van der Waals surface area contributed by atoms with E-state index in [1.165, 1.54) is 18.5 Å². The van der Waals surface area contributed by atoms with Crippen molar-refractivity contribution in [2.45, 2.75) is 32.9 Å². The molecule has 2 rings (SSSR count). The highest BCUT2D eigenvalue weighted by Crippen LogP contribution is 2.24. The maximum Gasteiger partial charge on any atom is 0.0317 e. The van der Waals surface area contributed by atoms with Gasteiger partial charge in [-0.05, 0) is 37.0 Å². The van der Waals surface area contributed by atoms with Gasteiger partial charge in [-0.1, -0.05) is 19.1 Å². The second-order valence-corrected chi connectivity index (χ2v) is 4.86. The number of nitrogens with two attached hydrogens (primary N) is 1. The predicted molar refractivity (Wildman–Crippen MR) is 71.8 cm³/mol. The Balaban J connectivity index is 0.00000128. The summed E-state index contributed by atoms with van der Waals surface area (Å²) in [7, 11) is 0. The van der Waals surface area contributed by atoms with Gasteiger partial charge in [-0.3, -0.25) is 4.90 Å². The zero-order valence-corrected chi connectivity index (χ0v) is 10.8. The first-order valence-corrected chi connectivity index (χ1v) is 5.73. The molecule has 0 aromatic heterocycles. The Kier molecular flexibility index (Phi) is 4.63. The van der Waals surface area contributed by atoms with E-state index < -0.39 is 0 Å². The molecule has 0 amide bonds. The van der Waals surface area contributed by atoms with Crippen LogP contribution in [0.3, 0.4) is 0 Å². The molecule has 1 saturated heterocycles. The minimum absolute atomic E-state index is 0. The van der Waals surface area contributed by atoms with E-state index in [2.05, 4.69) is 30.9 Å². The first kappa shape index (κ1) is 13.3. The summed E-state index contributed by atoms with van der Waals surface area (Å²) in [6.07, 6.45) is 1.32. The fourth-order valence-electron chi connectivity index (χ4n) is 2.53. The van der Waals surface area contributed by atoms with Crippen LogP contribution in [0.5, 0.6) is 0 Å². The summed E-state index contributed by atoms with van der Waals surface area (Å²) in [4.78, 5) is 2.54. The summed E-state index contributed by atoms with van der Waals surface area (Å²) in [6.45, 7) is 6.90. The number of hydrogen-bond acceptors (Lipinski definition) is 2. The highest BCUT2D eigenvalue weighted by Gasteiger charge is 2.25. The molecule has 16 heavy (non-hydrogen) atoms. The lowest BCUT2D eigenvalue weighted by Crippen LogP contribution is -2.26. The van der Waals surface area contributed by atoms with Gasteiger partial charge in [0.15, 0.2) is 0 Å². The van der Waals surface area contributed by atoms with Crippen molar-refractivity contribution in [3.63, 3.8) is 0 Å². The predicted octanol–water partition coefficient (Wildman–Crippen LogP) is 2.92. The van der Waals surface area contributed by atoms with Crippen LogP contribution >= 0.6 is 12.4 Å². The molecule has 2 unspecified atom stereocenters. The van der Waals surface area contributed by atoms with Crippen molar-refractivity contribution < 1.29 is 0 Å². The number of anilines is 1. The normalized spacial score (nSPS) is 25.4. The van der Waals surface area contributed by atoms with Crippen molar-refractivity contribution in [2.24, 2.45) is 5.92 Å². The third-order valence-corrected chi connectivity index (χ3v) is 3.25.